The van der Waals surface area contributed by atoms with Gasteiger partial charge in [0, 0.05) is 11.6 Å². The summed E-state index contributed by atoms with van der Waals surface area (Å²) in [5, 5.41) is 12.4. The summed E-state index contributed by atoms with van der Waals surface area (Å²) in [7, 11) is 0. The Labute approximate surface area is 174 Å². The van der Waals surface area contributed by atoms with Gasteiger partial charge in [0.25, 0.3) is 5.91 Å². The van der Waals surface area contributed by atoms with E-state index in [1.807, 2.05) is 30.3 Å². The highest BCUT2D eigenvalue weighted by Gasteiger charge is 2.24. The minimum atomic E-state index is -1.09. The van der Waals surface area contributed by atoms with Crippen LogP contribution in [0.15, 0.2) is 75.0 Å². The predicted molar refractivity (Wildman–Crippen MR) is 113 cm³/mol. The molecule has 0 bridgehead atoms. The van der Waals surface area contributed by atoms with Gasteiger partial charge in [0.15, 0.2) is 5.17 Å². The van der Waals surface area contributed by atoms with Crippen molar-refractivity contribution in [3.63, 3.8) is 0 Å². The maximum atomic E-state index is 12.2. The molecule has 3 aromatic rings. The summed E-state index contributed by atoms with van der Waals surface area (Å²) in [5.74, 6) is -0.352. The SMILES string of the molecule is O=C1NC(=Nc2ccccc2)SC1=Cc1ccc(-c2ccc(C(=O)O)c(Cl)c2)o1. The number of nitrogens with one attached hydrogen (secondary N) is 1. The number of nitrogens with zero attached hydrogens (tertiary/aromatic N) is 1. The maximum Gasteiger partial charge on any atom is 0.337 e. The second-order valence-corrected chi connectivity index (χ2v) is 7.46. The number of thioether (sulfide) groups is 1. The van der Waals surface area contributed by atoms with Crippen LogP contribution in [-0.2, 0) is 4.79 Å². The summed E-state index contributed by atoms with van der Waals surface area (Å²) in [6, 6.07) is 17.4. The second-order valence-electron chi connectivity index (χ2n) is 6.02. The van der Waals surface area contributed by atoms with Crippen LogP contribution in [0.5, 0.6) is 0 Å². The fraction of sp³-hybridized carbons (Fsp3) is 0. The number of para-hydroxylation sites is 1. The molecular weight excluding hydrogens is 412 g/mol. The van der Waals surface area contributed by atoms with Crippen molar-refractivity contribution in [3.05, 3.63) is 81.9 Å². The average Bonchev–Trinajstić information content (AvgIpc) is 3.29. The van der Waals surface area contributed by atoms with Gasteiger partial charge in [0.05, 0.1) is 21.2 Å². The third-order valence-corrected chi connectivity index (χ3v) is 5.24. The Balaban J connectivity index is 1.55. The first-order valence-corrected chi connectivity index (χ1v) is 9.67. The van der Waals surface area contributed by atoms with E-state index in [1.54, 1.807) is 24.3 Å². The molecule has 0 aliphatic carbocycles. The van der Waals surface area contributed by atoms with E-state index in [0.717, 1.165) is 5.69 Å². The zero-order valence-electron chi connectivity index (χ0n) is 14.8. The van der Waals surface area contributed by atoms with Gasteiger partial charge in [-0.2, -0.15) is 0 Å². The fourth-order valence-corrected chi connectivity index (χ4v) is 3.74. The summed E-state index contributed by atoms with van der Waals surface area (Å²) >= 11 is 7.24. The van der Waals surface area contributed by atoms with E-state index < -0.39 is 5.97 Å². The first kappa shape index (κ1) is 19.0. The number of hydrogen-bond acceptors (Lipinski definition) is 5. The maximum absolute atomic E-state index is 12.2. The number of carbonyl (C=O) groups excluding carboxylic acids is 1. The zero-order chi connectivity index (χ0) is 20.4. The topological polar surface area (TPSA) is 91.9 Å². The molecule has 2 aromatic carbocycles. The highest BCUT2D eigenvalue weighted by atomic mass is 35.5. The van der Waals surface area contributed by atoms with Gasteiger partial charge in [-0.3, -0.25) is 4.79 Å². The number of amides is 1. The molecule has 0 atom stereocenters. The number of carboxylic acid groups (broad SMARTS) is 1. The van der Waals surface area contributed by atoms with Crippen LogP contribution < -0.4 is 5.32 Å². The van der Waals surface area contributed by atoms with Gasteiger partial charge in [-0.05, 0) is 48.2 Å². The van der Waals surface area contributed by atoms with Gasteiger partial charge < -0.3 is 14.8 Å². The van der Waals surface area contributed by atoms with E-state index in [1.165, 1.54) is 23.9 Å². The highest BCUT2D eigenvalue weighted by molar-refractivity contribution is 8.18. The van der Waals surface area contributed by atoms with Crippen molar-refractivity contribution in [1.29, 1.82) is 0 Å². The van der Waals surface area contributed by atoms with E-state index >= 15 is 0 Å². The van der Waals surface area contributed by atoms with E-state index in [-0.39, 0.29) is 16.5 Å². The fourth-order valence-electron chi connectivity index (χ4n) is 2.66. The lowest BCUT2D eigenvalue weighted by atomic mass is 10.1. The lowest BCUT2D eigenvalue weighted by Crippen LogP contribution is -2.19. The Bertz CT molecular complexity index is 1170. The molecule has 0 unspecified atom stereocenters. The van der Waals surface area contributed by atoms with Crippen LogP contribution in [0.25, 0.3) is 17.4 Å². The molecule has 1 aromatic heterocycles. The average molecular weight is 425 g/mol. The van der Waals surface area contributed by atoms with Crippen molar-refractivity contribution in [1.82, 2.24) is 5.32 Å². The van der Waals surface area contributed by atoms with Gasteiger partial charge in [0.2, 0.25) is 0 Å². The molecule has 1 fully saturated rings. The number of aliphatic imine (C=N–C) groups is 1. The van der Waals surface area contributed by atoms with Crippen molar-refractivity contribution in [3.8, 4) is 11.3 Å². The number of carboxylic acids is 1. The van der Waals surface area contributed by atoms with Crippen molar-refractivity contribution >= 4 is 52.2 Å². The lowest BCUT2D eigenvalue weighted by molar-refractivity contribution is -0.115. The number of halogens is 1. The Morgan fingerprint density at radius 3 is 2.66 bits per heavy atom. The van der Waals surface area contributed by atoms with Gasteiger partial charge in [0.1, 0.15) is 11.5 Å². The summed E-state index contributed by atoms with van der Waals surface area (Å²) in [6.07, 6.45) is 1.63. The Morgan fingerprint density at radius 2 is 1.93 bits per heavy atom. The molecule has 1 aliphatic heterocycles. The van der Waals surface area contributed by atoms with Crippen molar-refractivity contribution in [2.24, 2.45) is 4.99 Å². The first-order valence-electron chi connectivity index (χ1n) is 8.47. The molecule has 1 saturated heterocycles. The Kier molecular flexibility index (Phi) is 5.24. The quantitative estimate of drug-likeness (QED) is 0.562. The van der Waals surface area contributed by atoms with Crippen LogP contribution in [0.4, 0.5) is 5.69 Å². The van der Waals surface area contributed by atoms with Crippen molar-refractivity contribution in [2.75, 3.05) is 0 Å². The smallest absolute Gasteiger partial charge is 0.337 e. The van der Waals surface area contributed by atoms with Crippen molar-refractivity contribution < 1.29 is 19.1 Å². The Hall–Kier alpha value is -3.29. The second kappa shape index (κ2) is 7.98. The summed E-state index contributed by atoms with van der Waals surface area (Å²) in [4.78, 5) is 28.1. The van der Waals surface area contributed by atoms with E-state index in [2.05, 4.69) is 10.3 Å². The zero-order valence-corrected chi connectivity index (χ0v) is 16.3. The first-order chi connectivity index (χ1) is 14.0. The minimum Gasteiger partial charge on any atom is -0.478 e. The molecule has 144 valence electrons. The molecule has 4 rings (SSSR count). The van der Waals surface area contributed by atoms with Crippen LogP contribution in [-0.4, -0.2) is 22.2 Å². The monoisotopic (exact) mass is 424 g/mol. The summed E-state index contributed by atoms with van der Waals surface area (Å²) in [6.45, 7) is 0. The van der Waals surface area contributed by atoms with Crippen LogP contribution in [0, 0.1) is 0 Å². The summed E-state index contributed by atoms with van der Waals surface area (Å²) < 4.78 is 5.77. The number of amidine groups is 1. The molecule has 8 heteroatoms. The Morgan fingerprint density at radius 1 is 1.14 bits per heavy atom. The molecule has 0 saturated carbocycles. The molecule has 29 heavy (non-hydrogen) atoms. The van der Waals surface area contributed by atoms with E-state index in [9.17, 15) is 9.59 Å². The highest BCUT2D eigenvalue weighted by Crippen LogP contribution is 2.31. The van der Waals surface area contributed by atoms with E-state index in [0.29, 0.717) is 27.2 Å². The standard InChI is InChI=1S/C21H13ClN2O4S/c22-16-10-12(6-8-15(16)20(26)27)17-9-7-14(28-17)11-18-19(25)24-21(29-18)23-13-4-2-1-3-5-13/h1-11H,(H,26,27)(H,23,24,25). The largest absolute Gasteiger partial charge is 0.478 e. The number of furan rings is 1. The third-order valence-electron chi connectivity index (χ3n) is 4.02. The molecule has 2 N–H and O–H groups in total. The number of rotatable bonds is 4. The number of benzene rings is 2. The van der Waals surface area contributed by atoms with Crippen LogP contribution in [0.2, 0.25) is 5.02 Å². The van der Waals surface area contributed by atoms with E-state index in [4.69, 9.17) is 21.1 Å². The molecule has 0 radical (unpaired) electrons. The summed E-state index contributed by atoms with van der Waals surface area (Å²) in [5.41, 5.74) is 1.41. The van der Waals surface area contributed by atoms with Crippen molar-refractivity contribution in [2.45, 2.75) is 0 Å². The van der Waals surface area contributed by atoms with Crippen LogP contribution in [0.3, 0.4) is 0 Å². The third kappa shape index (κ3) is 4.26. The lowest BCUT2D eigenvalue weighted by Gasteiger charge is -2.01. The number of hydrogen-bond donors (Lipinski definition) is 2. The molecule has 1 amide bonds. The predicted octanol–water partition coefficient (Wildman–Crippen LogP) is 5.19. The van der Waals surface area contributed by atoms with Crippen LogP contribution >= 0.6 is 23.4 Å². The molecule has 2 heterocycles. The van der Waals surface area contributed by atoms with Gasteiger partial charge in [-0.1, -0.05) is 35.9 Å². The number of carbonyl (C=O) groups is 2. The molecule has 1 aliphatic rings. The van der Waals surface area contributed by atoms with Gasteiger partial charge in [-0.15, -0.1) is 0 Å². The normalized spacial score (nSPS) is 16.4. The molecule has 0 spiro atoms. The minimum absolute atomic E-state index is 0.0218. The van der Waals surface area contributed by atoms with Gasteiger partial charge >= 0.3 is 5.97 Å². The number of aromatic carboxylic acids is 1. The van der Waals surface area contributed by atoms with Gasteiger partial charge in [-0.25, -0.2) is 9.79 Å². The molecule has 6 nitrogen and oxygen atoms in total. The molecular formula is C21H13ClN2O4S. The van der Waals surface area contributed by atoms with Crippen LogP contribution in [0.1, 0.15) is 16.1 Å².